The Labute approximate surface area is 218 Å². The Kier molecular flexibility index (Phi) is 6.77. The first-order valence-electron chi connectivity index (χ1n) is 11.7. The van der Waals surface area contributed by atoms with Gasteiger partial charge in [0.15, 0.2) is 0 Å². The second-order valence-corrected chi connectivity index (χ2v) is 8.63. The molecule has 4 amide bonds. The molecule has 1 saturated heterocycles. The largest absolute Gasteiger partial charge is 0.388 e. The number of imide groups is 2. The minimum Gasteiger partial charge on any atom is -0.388 e. The number of benzene rings is 4. The summed E-state index contributed by atoms with van der Waals surface area (Å²) < 4.78 is 4.79. The molecule has 0 N–H and O–H groups in total. The third kappa shape index (κ3) is 5.05. The molecule has 1 heterocycles. The molecule has 0 bridgehead atoms. The summed E-state index contributed by atoms with van der Waals surface area (Å²) in [6.07, 6.45) is 4.47. The van der Waals surface area contributed by atoms with E-state index in [-0.39, 0.29) is 0 Å². The lowest BCUT2D eigenvalue weighted by molar-refractivity contribution is 0.226. The molecule has 4 aromatic carbocycles. The normalized spacial score (nSPS) is 12.4. The van der Waals surface area contributed by atoms with Gasteiger partial charge in [-0.3, -0.25) is 0 Å². The molecule has 1 aliphatic rings. The lowest BCUT2D eigenvalue weighted by Crippen LogP contribution is -2.64. The average Bonchev–Trinajstić information content (AvgIpc) is 2.93. The highest BCUT2D eigenvalue weighted by atomic mass is 16.5. The van der Waals surface area contributed by atoms with Crippen LogP contribution in [-0.2, 0) is 17.6 Å². The van der Waals surface area contributed by atoms with Gasteiger partial charge in [-0.1, -0.05) is 48.5 Å². The molecule has 0 radical (unpaired) electrons. The smallest absolute Gasteiger partial charge is 0.345 e. The fraction of sp³-hybridized carbons (Fsp3) is 0.0667. The SMILES string of the molecule is N#COc1ccc(Cc2ccc(N3C(=O)N(c4ccc(Cc5ccc(N=C=O)cc5)cc4)C3=O)cc2)cc1. The molecular weight excluding hydrogens is 480 g/mol. The van der Waals surface area contributed by atoms with E-state index >= 15 is 0 Å². The van der Waals surface area contributed by atoms with Gasteiger partial charge in [-0.25, -0.2) is 24.2 Å². The third-order valence-corrected chi connectivity index (χ3v) is 6.17. The molecular formula is C30H20N4O4. The summed E-state index contributed by atoms with van der Waals surface area (Å²) in [5, 5.41) is 8.58. The van der Waals surface area contributed by atoms with Crippen molar-refractivity contribution in [2.75, 3.05) is 9.80 Å². The van der Waals surface area contributed by atoms with Crippen LogP contribution in [0.5, 0.6) is 5.75 Å². The van der Waals surface area contributed by atoms with Gasteiger partial charge in [0, 0.05) is 0 Å². The fourth-order valence-electron chi connectivity index (χ4n) is 4.23. The standard InChI is InChI=1S/C30H20N4O4/c31-19-38-28-15-7-24(8-16-28)18-23-5-13-27(14-6-23)34-29(36)33(30(34)37)26-11-3-22(4-12-26)17-21-1-9-25(10-2-21)32-20-35/h1-16H,17-18H2. The lowest BCUT2D eigenvalue weighted by atomic mass is 10.0. The number of carbonyl (C=O) groups excluding carboxylic acids is 3. The second-order valence-electron chi connectivity index (χ2n) is 8.63. The zero-order chi connectivity index (χ0) is 26.5. The number of carbonyl (C=O) groups is 2. The minimum atomic E-state index is -0.407. The number of nitrogens with zero attached hydrogens (tertiary/aromatic N) is 4. The van der Waals surface area contributed by atoms with Gasteiger partial charge >= 0.3 is 12.1 Å². The van der Waals surface area contributed by atoms with Crippen LogP contribution in [0.15, 0.2) is 102 Å². The zero-order valence-corrected chi connectivity index (χ0v) is 20.1. The van der Waals surface area contributed by atoms with Crippen molar-refractivity contribution < 1.29 is 19.1 Å². The Hall–Kier alpha value is -5.51. The molecule has 8 heteroatoms. The van der Waals surface area contributed by atoms with Gasteiger partial charge in [-0.05, 0) is 83.6 Å². The lowest BCUT2D eigenvalue weighted by Gasteiger charge is -2.38. The Balaban J connectivity index is 1.20. The molecule has 8 nitrogen and oxygen atoms in total. The van der Waals surface area contributed by atoms with E-state index < -0.39 is 12.1 Å². The number of hydrogen-bond acceptors (Lipinski definition) is 6. The zero-order valence-electron chi connectivity index (χ0n) is 20.1. The Bertz CT molecular complexity index is 1550. The Morgan fingerprint density at radius 2 is 1.03 bits per heavy atom. The van der Waals surface area contributed by atoms with Crippen molar-refractivity contribution in [1.82, 2.24) is 0 Å². The number of rotatable bonds is 8. The van der Waals surface area contributed by atoms with Crippen molar-refractivity contribution in [2.24, 2.45) is 4.99 Å². The van der Waals surface area contributed by atoms with Crippen LogP contribution >= 0.6 is 0 Å². The quantitative estimate of drug-likeness (QED) is 0.161. The fourth-order valence-corrected chi connectivity index (χ4v) is 4.23. The van der Waals surface area contributed by atoms with Crippen LogP contribution in [0.1, 0.15) is 22.3 Å². The van der Waals surface area contributed by atoms with Crippen LogP contribution < -0.4 is 14.5 Å². The number of isocyanates is 1. The molecule has 1 fully saturated rings. The average molecular weight is 501 g/mol. The molecule has 1 aliphatic heterocycles. The van der Waals surface area contributed by atoms with Crippen LogP contribution in [0.4, 0.5) is 26.7 Å². The Morgan fingerprint density at radius 1 is 0.632 bits per heavy atom. The minimum absolute atomic E-state index is 0.407. The van der Waals surface area contributed by atoms with Crippen LogP contribution in [-0.4, -0.2) is 18.1 Å². The van der Waals surface area contributed by atoms with Crippen LogP contribution in [0.25, 0.3) is 0 Å². The highest BCUT2D eigenvalue weighted by Crippen LogP contribution is 2.31. The summed E-state index contributed by atoms with van der Waals surface area (Å²) in [5.41, 5.74) is 5.68. The van der Waals surface area contributed by atoms with Crippen LogP contribution in [0.3, 0.4) is 0 Å². The Morgan fingerprint density at radius 3 is 1.42 bits per heavy atom. The van der Waals surface area contributed by atoms with Gasteiger partial charge < -0.3 is 4.74 Å². The number of urea groups is 2. The molecule has 4 aromatic rings. The summed E-state index contributed by atoms with van der Waals surface area (Å²) in [6.45, 7) is 0. The highest BCUT2D eigenvalue weighted by Gasteiger charge is 2.45. The monoisotopic (exact) mass is 500 g/mol. The predicted octanol–water partition coefficient (Wildman–Crippen LogP) is 6.26. The number of anilines is 2. The topological polar surface area (TPSA) is 103 Å². The van der Waals surface area contributed by atoms with E-state index in [0.717, 1.165) is 32.1 Å². The number of amides is 4. The van der Waals surface area contributed by atoms with E-state index in [0.29, 0.717) is 35.7 Å². The van der Waals surface area contributed by atoms with E-state index in [4.69, 9.17) is 10.00 Å². The maximum absolute atomic E-state index is 12.9. The number of ether oxygens (including phenoxy) is 1. The van der Waals surface area contributed by atoms with Gasteiger partial charge in [0.1, 0.15) is 5.75 Å². The van der Waals surface area contributed by atoms with E-state index in [1.807, 2.05) is 48.5 Å². The van der Waals surface area contributed by atoms with E-state index in [9.17, 15) is 14.4 Å². The number of aliphatic imine (C=N–C) groups is 1. The van der Waals surface area contributed by atoms with Gasteiger partial charge in [0.05, 0.1) is 17.1 Å². The van der Waals surface area contributed by atoms with E-state index in [2.05, 4.69) is 4.99 Å². The number of nitriles is 1. The van der Waals surface area contributed by atoms with Crippen molar-refractivity contribution >= 4 is 35.2 Å². The molecule has 0 aromatic heterocycles. The van der Waals surface area contributed by atoms with Crippen molar-refractivity contribution in [3.63, 3.8) is 0 Å². The molecule has 0 saturated carbocycles. The summed E-state index contributed by atoms with van der Waals surface area (Å²) >= 11 is 0. The number of hydrogen-bond donors (Lipinski definition) is 0. The maximum Gasteiger partial charge on any atom is 0.345 e. The predicted molar refractivity (Wildman–Crippen MR) is 141 cm³/mol. The molecule has 0 aliphatic carbocycles. The van der Waals surface area contributed by atoms with E-state index in [1.165, 1.54) is 6.08 Å². The summed E-state index contributed by atoms with van der Waals surface area (Å²) in [5.74, 6) is 0.484. The second kappa shape index (κ2) is 10.6. The van der Waals surface area contributed by atoms with E-state index in [1.54, 1.807) is 54.8 Å². The van der Waals surface area contributed by atoms with Crippen LogP contribution in [0, 0.1) is 11.5 Å². The first kappa shape index (κ1) is 24.2. The van der Waals surface area contributed by atoms with Gasteiger partial charge in [0.2, 0.25) is 6.08 Å². The van der Waals surface area contributed by atoms with Crippen molar-refractivity contribution in [2.45, 2.75) is 12.8 Å². The third-order valence-electron chi connectivity index (χ3n) is 6.17. The molecule has 5 rings (SSSR count). The summed E-state index contributed by atoms with van der Waals surface area (Å²) in [7, 11) is 0. The summed E-state index contributed by atoms with van der Waals surface area (Å²) in [6, 6.07) is 28.2. The first-order chi connectivity index (χ1) is 18.6. The first-order valence-corrected chi connectivity index (χ1v) is 11.7. The molecule has 0 spiro atoms. The van der Waals surface area contributed by atoms with Gasteiger partial charge in [-0.15, -0.1) is 5.26 Å². The molecule has 38 heavy (non-hydrogen) atoms. The van der Waals surface area contributed by atoms with Crippen molar-refractivity contribution in [1.29, 1.82) is 5.26 Å². The van der Waals surface area contributed by atoms with Crippen LogP contribution in [0.2, 0.25) is 0 Å². The summed E-state index contributed by atoms with van der Waals surface area (Å²) in [4.78, 5) is 41.9. The van der Waals surface area contributed by atoms with Gasteiger partial charge in [-0.2, -0.15) is 4.99 Å². The van der Waals surface area contributed by atoms with Crippen molar-refractivity contribution in [3.8, 4) is 12.0 Å². The molecule has 184 valence electrons. The van der Waals surface area contributed by atoms with Gasteiger partial charge in [0.25, 0.3) is 6.26 Å². The van der Waals surface area contributed by atoms with Crippen molar-refractivity contribution in [3.05, 3.63) is 119 Å². The maximum atomic E-state index is 12.9. The highest BCUT2D eigenvalue weighted by molar-refractivity contribution is 6.41. The molecule has 0 unspecified atom stereocenters. The molecule has 0 atom stereocenters.